The second kappa shape index (κ2) is 4.10. The number of fused-ring (bicyclic) bond motifs is 1. The third kappa shape index (κ3) is 1.86. The monoisotopic (exact) mass is 261 g/mol. The standard InChI is InChI=1S/C13H12FN3S/c1-8-2-4-10(18-8)7-17-12-6-9(14)3-5-11(12)16-13(17)15/h2-6H,7H2,1H3,(H2,15,16). The Hall–Kier alpha value is -1.88. The van der Waals surface area contributed by atoms with E-state index >= 15 is 0 Å². The van der Waals surface area contributed by atoms with Crippen LogP contribution in [0.4, 0.5) is 10.3 Å². The van der Waals surface area contributed by atoms with Gasteiger partial charge in [0.25, 0.3) is 0 Å². The zero-order valence-electron chi connectivity index (χ0n) is 9.85. The zero-order chi connectivity index (χ0) is 12.7. The van der Waals surface area contributed by atoms with Gasteiger partial charge in [0.15, 0.2) is 0 Å². The Bertz CT molecular complexity index is 714. The quantitative estimate of drug-likeness (QED) is 0.770. The predicted molar refractivity (Wildman–Crippen MR) is 72.3 cm³/mol. The molecule has 18 heavy (non-hydrogen) atoms. The van der Waals surface area contributed by atoms with E-state index in [1.54, 1.807) is 17.4 Å². The van der Waals surface area contributed by atoms with Crippen LogP contribution in [0.25, 0.3) is 11.0 Å². The lowest BCUT2D eigenvalue weighted by atomic mass is 10.3. The van der Waals surface area contributed by atoms with Gasteiger partial charge < -0.3 is 10.3 Å². The SMILES string of the molecule is Cc1ccc(Cn2c(N)nc3ccc(F)cc32)s1. The molecule has 0 aliphatic rings. The van der Waals surface area contributed by atoms with E-state index in [4.69, 9.17) is 5.73 Å². The Kier molecular flexibility index (Phi) is 2.56. The van der Waals surface area contributed by atoms with E-state index in [0.29, 0.717) is 12.5 Å². The van der Waals surface area contributed by atoms with Crippen molar-refractivity contribution in [3.05, 3.63) is 45.9 Å². The van der Waals surface area contributed by atoms with Crippen LogP contribution in [0.1, 0.15) is 9.75 Å². The molecule has 2 heterocycles. The summed E-state index contributed by atoms with van der Waals surface area (Å²) in [6.07, 6.45) is 0. The highest BCUT2D eigenvalue weighted by molar-refractivity contribution is 7.11. The van der Waals surface area contributed by atoms with Crippen LogP contribution in [0.2, 0.25) is 0 Å². The number of nitrogen functional groups attached to an aromatic ring is 1. The number of aryl methyl sites for hydroxylation is 1. The maximum atomic E-state index is 13.3. The van der Waals surface area contributed by atoms with Gasteiger partial charge in [0, 0.05) is 9.75 Å². The number of nitrogens with zero attached hydrogens (tertiary/aromatic N) is 2. The molecule has 0 spiro atoms. The molecule has 0 radical (unpaired) electrons. The van der Waals surface area contributed by atoms with E-state index in [-0.39, 0.29) is 5.82 Å². The van der Waals surface area contributed by atoms with E-state index in [0.717, 1.165) is 11.0 Å². The van der Waals surface area contributed by atoms with Crippen LogP contribution < -0.4 is 5.73 Å². The highest BCUT2D eigenvalue weighted by Gasteiger charge is 2.10. The van der Waals surface area contributed by atoms with Crippen molar-refractivity contribution in [1.82, 2.24) is 9.55 Å². The first-order valence-corrected chi connectivity index (χ1v) is 6.42. The first-order chi connectivity index (χ1) is 8.63. The fourth-order valence-corrected chi connectivity index (χ4v) is 2.89. The first-order valence-electron chi connectivity index (χ1n) is 5.60. The van der Waals surface area contributed by atoms with Gasteiger partial charge >= 0.3 is 0 Å². The minimum atomic E-state index is -0.272. The topological polar surface area (TPSA) is 43.8 Å². The summed E-state index contributed by atoms with van der Waals surface area (Å²) in [4.78, 5) is 6.67. The predicted octanol–water partition coefficient (Wildman–Crippen LogP) is 3.18. The lowest BCUT2D eigenvalue weighted by Gasteiger charge is -2.04. The van der Waals surface area contributed by atoms with Crippen molar-refractivity contribution in [2.24, 2.45) is 0 Å². The van der Waals surface area contributed by atoms with E-state index in [2.05, 4.69) is 24.0 Å². The van der Waals surface area contributed by atoms with Gasteiger partial charge in [0.1, 0.15) is 5.82 Å². The van der Waals surface area contributed by atoms with E-state index in [1.807, 2.05) is 4.57 Å². The van der Waals surface area contributed by atoms with Crippen molar-refractivity contribution in [3.8, 4) is 0 Å². The smallest absolute Gasteiger partial charge is 0.201 e. The molecular weight excluding hydrogens is 249 g/mol. The second-order valence-electron chi connectivity index (χ2n) is 4.20. The molecule has 0 fully saturated rings. The highest BCUT2D eigenvalue weighted by Crippen LogP contribution is 2.23. The maximum absolute atomic E-state index is 13.3. The molecule has 3 aromatic rings. The number of anilines is 1. The molecule has 0 saturated heterocycles. The van der Waals surface area contributed by atoms with Crippen LogP contribution in [0.3, 0.4) is 0 Å². The lowest BCUT2D eigenvalue weighted by molar-refractivity contribution is 0.628. The number of hydrogen-bond donors (Lipinski definition) is 1. The number of aromatic nitrogens is 2. The van der Waals surface area contributed by atoms with Crippen molar-refractivity contribution in [1.29, 1.82) is 0 Å². The zero-order valence-corrected chi connectivity index (χ0v) is 10.7. The molecule has 0 aliphatic heterocycles. The molecule has 2 N–H and O–H groups in total. The fourth-order valence-electron chi connectivity index (χ4n) is 2.01. The van der Waals surface area contributed by atoms with Crippen LogP contribution in [0.15, 0.2) is 30.3 Å². The van der Waals surface area contributed by atoms with E-state index in [1.165, 1.54) is 21.9 Å². The minimum Gasteiger partial charge on any atom is -0.369 e. The molecule has 0 unspecified atom stereocenters. The van der Waals surface area contributed by atoms with Gasteiger partial charge in [0.2, 0.25) is 5.95 Å². The number of rotatable bonds is 2. The van der Waals surface area contributed by atoms with Crippen molar-refractivity contribution < 1.29 is 4.39 Å². The summed E-state index contributed by atoms with van der Waals surface area (Å²) in [6.45, 7) is 2.69. The Labute approximate surface area is 108 Å². The molecule has 0 aliphatic carbocycles. The summed E-state index contributed by atoms with van der Waals surface area (Å²) in [5.41, 5.74) is 7.35. The Morgan fingerprint density at radius 3 is 2.89 bits per heavy atom. The van der Waals surface area contributed by atoms with Crippen molar-refractivity contribution in [2.45, 2.75) is 13.5 Å². The maximum Gasteiger partial charge on any atom is 0.201 e. The minimum absolute atomic E-state index is 0.272. The van der Waals surface area contributed by atoms with Crippen LogP contribution in [-0.4, -0.2) is 9.55 Å². The third-order valence-corrected chi connectivity index (χ3v) is 3.84. The number of benzene rings is 1. The lowest BCUT2D eigenvalue weighted by Crippen LogP contribution is -2.03. The van der Waals surface area contributed by atoms with Crippen LogP contribution >= 0.6 is 11.3 Å². The molecule has 0 atom stereocenters. The second-order valence-corrected chi connectivity index (χ2v) is 5.57. The Morgan fingerprint density at radius 1 is 1.33 bits per heavy atom. The average molecular weight is 261 g/mol. The Balaban J connectivity index is 2.10. The van der Waals surface area contributed by atoms with E-state index in [9.17, 15) is 4.39 Å². The molecule has 0 amide bonds. The largest absolute Gasteiger partial charge is 0.369 e. The van der Waals surface area contributed by atoms with Crippen LogP contribution in [0.5, 0.6) is 0 Å². The fraction of sp³-hybridized carbons (Fsp3) is 0.154. The van der Waals surface area contributed by atoms with Gasteiger partial charge in [0.05, 0.1) is 17.6 Å². The normalized spacial score (nSPS) is 11.2. The van der Waals surface area contributed by atoms with Gasteiger partial charge in [-0.1, -0.05) is 0 Å². The molecule has 3 nitrogen and oxygen atoms in total. The molecular formula is C13H12FN3S. The van der Waals surface area contributed by atoms with Gasteiger partial charge in [-0.05, 0) is 37.3 Å². The van der Waals surface area contributed by atoms with Gasteiger partial charge in [-0.15, -0.1) is 11.3 Å². The molecule has 2 aromatic heterocycles. The molecule has 5 heteroatoms. The first kappa shape index (κ1) is 11.2. The van der Waals surface area contributed by atoms with E-state index < -0.39 is 0 Å². The van der Waals surface area contributed by atoms with Crippen molar-refractivity contribution in [3.63, 3.8) is 0 Å². The highest BCUT2D eigenvalue weighted by atomic mass is 32.1. The van der Waals surface area contributed by atoms with Crippen LogP contribution in [0, 0.1) is 12.7 Å². The summed E-state index contributed by atoms with van der Waals surface area (Å²) in [7, 11) is 0. The Morgan fingerprint density at radius 2 is 2.17 bits per heavy atom. The molecule has 3 rings (SSSR count). The van der Waals surface area contributed by atoms with Crippen molar-refractivity contribution >= 4 is 28.3 Å². The van der Waals surface area contributed by atoms with Crippen molar-refractivity contribution in [2.75, 3.05) is 5.73 Å². The molecule has 0 bridgehead atoms. The summed E-state index contributed by atoms with van der Waals surface area (Å²) in [5.74, 6) is 0.146. The average Bonchev–Trinajstić information content (AvgIpc) is 2.86. The third-order valence-electron chi connectivity index (χ3n) is 2.85. The number of nitrogens with two attached hydrogens (primary N) is 1. The summed E-state index contributed by atoms with van der Waals surface area (Å²) in [6, 6.07) is 8.64. The molecule has 0 saturated carbocycles. The number of thiophene rings is 1. The van der Waals surface area contributed by atoms with Gasteiger partial charge in [-0.2, -0.15) is 0 Å². The van der Waals surface area contributed by atoms with Gasteiger partial charge in [-0.25, -0.2) is 9.37 Å². The van der Waals surface area contributed by atoms with Gasteiger partial charge in [-0.3, -0.25) is 0 Å². The summed E-state index contributed by atoms with van der Waals surface area (Å²) in [5, 5.41) is 0. The number of imidazole rings is 1. The summed E-state index contributed by atoms with van der Waals surface area (Å²) >= 11 is 1.71. The van der Waals surface area contributed by atoms with Crippen LogP contribution in [-0.2, 0) is 6.54 Å². The number of hydrogen-bond acceptors (Lipinski definition) is 3. The molecule has 1 aromatic carbocycles. The number of halogens is 1. The summed E-state index contributed by atoms with van der Waals surface area (Å²) < 4.78 is 15.1. The molecule has 92 valence electrons.